The Kier molecular flexibility index (Phi) is 5.44. The maximum atomic E-state index is 12.5. The van der Waals surface area contributed by atoms with E-state index < -0.39 is 0 Å². The van der Waals surface area contributed by atoms with E-state index in [1.165, 1.54) is 31.2 Å². The van der Waals surface area contributed by atoms with Crippen LogP contribution >= 0.6 is 0 Å². The first-order valence-electron chi connectivity index (χ1n) is 8.36. The zero-order valence-corrected chi connectivity index (χ0v) is 13.8. The number of piperidine rings is 1. The predicted octanol–water partition coefficient (Wildman–Crippen LogP) is 4.29. The summed E-state index contributed by atoms with van der Waals surface area (Å²) in [6.45, 7) is 8.13. The Hall–Kier alpha value is -1.31. The minimum absolute atomic E-state index is 0.198. The van der Waals surface area contributed by atoms with Gasteiger partial charge in [0.1, 0.15) is 0 Å². The number of nitrogens with zero attached hydrogens (tertiary/aromatic N) is 1. The molecule has 0 aromatic heterocycles. The van der Waals surface area contributed by atoms with Crippen LogP contribution in [0.2, 0.25) is 0 Å². The fraction of sp³-hybridized carbons (Fsp3) is 0.632. The van der Waals surface area contributed by atoms with E-state index in [-0.39, 0.29) is 5.41 Å². The number of carbonyl (C=O) groups excluding carboxylic acids is 1. The molecule has 1 aromatic rings. The van der Waals surface area contributed by atoms with Gasteiger partial charge in [-0.15, -0.1) is 0 Å². The third-order valence-electron chi connectivity index (χ3n) is 5.05. The van der Waals surface area contributed by atoms with Gasteiger partial charge in [-0.25, -0.2) is 0 Å². The lowest BCUT2D eigenvalue weighted by atomic mass is 9.85. The first-order chi connectivity index (χ1) is 10.0. The molecule has 2 rings (SSSR count). The van der Waals surface area contributed by atoms with Crippen LogP contribution in [0.4, 0.5) is 0 Å². The molecule has 0 radical (unpaired) electrons. The van der Waals surface area contributed by atoms with Crippen molar-refractivity contribution in [3.05, 3.63) is 35.9 Å². The summed E-state index contributed by atoms with van der Waals surface area (Å²) in [4.78, 5) is 14.5. The zero-order chi connectivity index (χ0) is 15.3. The Labute approximate surface area is 129 Å². The van der Waals surface area contributed by atoms with Gasteiger partial charge in [0.15, 0.2) is 0 Å². The Morgan fingerprint density at radius 3 is 2.38 bits per heavy atom. The minimum Gasteiger partial charge on any atom is -0.342 e. The fourth-order valence-corrected chi connectivity index (χ4v) is 3.02. The lowest BCUT2D eigenvalue weighted by Crippen LogP contribution is -2.45. The number of hydrogen-bond acceptors (Lipinski definition) is 1. The van der Waals surface area contributed by atoms with Gasteiger partial charge in [-0.2, -0.15) is 0 Å². The van der Waals surface area contributed by atoms with Gasteiger partial charge in [-0.1, -0.05) is 51.1 Å². The lowest BCUT2D eigenvalue weighted by Gasteiger charge is -2.36. The summed E-state index contributed by atoms with van der Waals surface area (Å²) in [6.07, 6.45) is 5.67. The summed E-state index contributed by atoms with van der Waals surface area (Å²) in [7, 11) is 0. The van der Waals surface area contributed by atoms with E-state index in [1.54, 1.807) is 0 Å². The first-order valence-corrected chi connectivity index (χ1v) is 8.36. The minimum atomic E-state index is -0.198. The molecule has 2 nitrogen and oxygen atoms in total. The third-order valence-corrected chi connectivity index (χ3v) is 5.05. The summed E-state index contributed by atoms with van der Waals surface area (Å²) < 4.78 is 0. The lowest BCUT2D eigenvalue weighted by molar-refractivity contribution is -0.142. The fourth-order valence-electron chi connectivity index (χ4n) is 3.02. The summed E-state index contributed by atoms with van der Waals surface area (Å²) in [6, 6.07) is 10.7. The van der Waals surface area contributed by atoms with Crippen molar-refractivity contribution in [2.75, 3.05) is 13.1 Å². The molecule has 0 bridgehead atoms. The molecule has 0 atom stereocenters. The van der Waals surface area contributed by atoms with Gasteiger partial charge < -0.3 is 4.90 Å². The number of hydrogen-bond donors (Lipinski definition) is 0. The van der Waals surface area contributed by atoms with E-state index >= 15 is 0 Å². The molecule has 1 aromatic carbocycles. The SMILES string of the molecule is CCC(C)(C)C(=O)N1CCC(CCc2ccccc2)CC1. The first kappa shape index (κ1) is 16.1. The normalized spacial score (nSPS) is 17.0. The van der Waals surface area contributed by atoms with Crippen LogP contribution in [0.1, 0.15) is 52.0 Å². The average Bonchev–Trinajstić information content (AvgIpc) is 2.53. The van der Waals surface area contributed by atoms with Crippen LogP contribution in [-0.2, 0) is 11.2 Å². The Bertz CT molecular complexity index is 444. The summed E-state index contributed by atoms with van der Waals surface area (Å²) >= 11 is 0. The van der Waals surface area contributed by atoms with Crippen molar-refractivity contribution in [2.24, 2.45) is 11.3 Å². The van der Waals surface area contributed by atoms with Gasteiger partial charge in [-0.05, 0) is 43.6 Å². The van der Waals surface area contributed by atoms with Gasteiger partial charge >= 0.3 is 0 Å². The quantitative estimate of drug-likeness (QED) is 0.791. The number of amides is 1. The van der Waals surface area contributed by atoms with Gasteiger partial charge in [0.2, 0.25) is 5.91 Å². The maximum Gasteiger partial charge on any atom is 0.228 e. The highest BCUT2D eigenvalue weighted by molar-refractivity contribution is 5.81. The number of benzene rings is 1. The van der Waals surface area contributed by atoms with Crippen LogP contribution in [0.25, 0.3) is 0 Å². The van der Waals surface area contributed by atoms with Crippen molar-refractivity contribution < 1.29 is 4.79 Å². The molecule has 1 heterocycles. The summed E-state index contributed by atoms with van der Waals surface area (Å²) in [5, 5.41) is 0. The average molecular weight is 287 g/mol. The Morgan fingerprint density at radius 2 is 1.81 bits per heavy atom. The molecule has 0 aliphatic carbocycles. The van der Waals surface area contributed by atoms with E-state index in [1.807, 2.05) is 0 Å². The predicted molar refractivity (Wildman–Crippen MR) is 88.1 cm³/mol. The zero-order valence-electron chi connectivity index (χ0n) is 13.8. The molecule has 1 fully saturated rings. The van der Waals surface area contributed by atoms with Crippen molar-refractivity contribution in [3.63, 3.8) is 0 Å². The van der Waals surface area contributed by atoms with Gasteiger partial charge in [-0.3, -0.25) is 4.79 Å². The maximum absolute atomic E-state index is 12.5. The molecular weight excluding hydrogens is 258 g/mol. The third kappa shape index (κ3) is 4.33. The van der Waals surface area contributed by atoms with E-state index in [4.69, 9.17) is 0 Å². The van der Waals surface area contributed by atoms with E-state index in [9.17, 15) is 4.79 Å². The van der Waals surface area contributed by atoms with Crippen molar-refractivity contribution in [2.45, 2.75) is 52.9 Å². The molecule has 0 unspecified atom stereocenters. The van der Waals surface area contributed by atoms with E-state index in [0.717, 1.165) is 25.4 Å². The van der Waals surface area contributed by atoms with E-state index in [2.05, 4.69) is 56.0 Å². The molecule has 1 amide bonds. The van der Waals surface area contributed by atoms with Crippen molar-refractivity contribution in [1.82, 2.24) is 4.90 Å². The monoisotopic (exact) mass is 287 g/mol. The molecule has 0 saturated carbocycles. The second kappa shape index (κ2) is 7.11. The topological polar surface area (TPSA) is 20.3 Å². The van der Waals surface area contributed by atoms with Gasteiger partial charge in [0.05, 0.1) is 0 Å². The summed E-state index contributed by atoms with van der Waals surface area (Å²) in [5.74, 6) is 1.12. The number of rotatable bonds is 5. The Balaban J connectivity index is 1.77. The molecule has 0 spiro atoms. The molecule has 1 saturated heterocycles. The van der Waals surface area contributed by atoms with Crippen molar-refractivity contribution in [3.8, 4) is 0 Å². The number of likely N-dealkylation sites (tertiary alicyclic amines) is 1. The van der Waals surface area contributed by atoms with Crippen LogP contribution in [-0.4, -0.2) is 23.9 Å². The molecule has 1 aliphatic heterocycles. The van der Waals surface area contributed by atoms with Crippen LogP contribution in [0, 0.1) is 11.3 Å². The van der Waals surface area contributed by atoms with Crippen LogP contribution < -0.4 is 0 Å². The summed E-state index contributed by atoms with van der Waals surface area (Å²) in [5.41, 5.74) is 1.24. The number of aryl methyl sites for hydroxylation is 1. The highest BCUT2D eigenvalue weighted by Gasteiger charge is 2.32. The number of carbonyl (C=O) groups is 1. The largest absolute Gasteiger partial charge is 0.342 e. The molecular formula is C19H29NO. The molecule has 21 heavy (non-hydrogen) atoms. The molecule has 2 heteroatoms. The van der Waals surface area contributed by atoms with Crippen molar-refractivity contribution >= 4 is 5.91 Å². The van der Waals surface area contributed by atoms with Crippen LogP contribution in [0.3, 0.4) is 0 Å². The Morgan fingerprint density at radius 1 is 1.19 bits per heavy atom. The second-order valence-electron chi connectivity index (χ2n) is 7.00. The molecule has 0 N–H and O–H groups in total. The van der Waals surface area contributed by atoms with Crippen molar-refractivity contribution in [1.29, 1.82) is 0 Å². The molecule has 1 aliphatic rings. The van der Waals surface area contributed by atoms with Gasteiger partial charge in [0, 0.05) is 18.5 Å². The highest BCUT2D eigenvalue weighted by atomic mass is 16.2. The van der Waals surface area contributed by atoms with Gasteiger partial charge in [0.25, 0.3) is 0 Å². The standard InChI is InChI=1S/C19H29NO/c1-4-19(2,3)18(21)20-14-12-17(13-15-20)11-10-16-8-6-5-7-9-16/h5-9,17H,4,10-15H2,1-3H3. The highest BCUT2D eigenvalue weighted by Crippen LogP contribution is 2.28. The van der Waals surface area contributed by atoms with Crippen LogP contribution in [0.5, 0.6) is 0 Å². The molecule has 116 valence electrons. The second-order valence-corrected chi connectivity index (χ2v) is 7.00. The van der Waals surface area contributed by atoms with E-state index in [0.29, 0.717) is 5.91 Å². The smallest absolute Gasteiger partial charge is 0.228 e. The van der Waals surface area contributed by atoms with Crippen LogP contribution in [0.15, 0.2) is 30.3 Å².